The quantitative estimate of drug-likeness (QED) is 0.563. The Morgan fingerprint density at radius 2 is 1.64 bits per heavy atom. The summed E-state index contributed by atoms with van der Waals surface area (Å²) in [4.78, 5) is 30.3. The van der Waals surface area contributed by atoms with Gasteiger partial charge in [-0.05, 0) is 31.0 Å². The van der Waals surface area contributed by atoms with Gasteiger partial charge in [0.25, 0.3) is 0 Å². The number of rotatable bonds is 7. The van der Waals surface area contributed by atoms with Crippen LogP contribution < -0.4 is 9.62 Å². The summed E-state index contributed by atoms with van der Waals surface area (Å²) in [5, 5.41) is 9.77. The number of hydrogen-bond donors (Lipinski definition) is 2. The highest BCUT2D eigenvalue weighted by molar-refractivity contribution is 7.90. The Morgan fingerprint density at radius 3 is 2.27 bits per heavy atom. The van der Waals surface area contributed by atoms with Crippen LogP contribution in [0.1, 0.15) is 23.2 Å². The van der Waals surface area contributed by atoms with Crippen LogP contribution in [0.5, 0.6) is 0 Å². The number of carbonyl (C=O) groups is 2. The molecule has 182 valence electrons. The third kappa shape index (κ3) is 5.75. The Labute approximate surface area is 194 Å². The zero-order valence-corrected chi connectivity index (χ0v) is 19.4. The van der Waals surface area contributed by atoms with Gasteiger partial charge in [0.15, 0.2) is 0 Å². The van der Waals surface area contributed by atoms with Gasteiger partial charge in [-0.25, -0.2) is 4.79 Å². The van der Waals surface area contributed by atoms with Gasteiger partial charge in [0, 0.05) is 52.4 Å². The molecule has 0 aromatic heterocycles. The average molecular weight is 482 g/mol. The molecule has 1 aromatic rings. The molecule has 0 saturated carbocycles. The lowest BCUT2D eigenvalue weighted by molar-refractivity contribution is -0.131. The first-order valence-corrected chi connectivity index (χ1v) is 12.8. The predicted molar refractivity (Wildman–Crippen MR) is 123 cm³/mol. The van der Waals surface area contributed by atoms with E-state index in [0.717, 1.165) is 25.9 Å². The van der Waals surface area contributed by atoms with E-state index in [1.165, 1.54) is 10.4 Å². The van der Waals surface area contributed by atoms with Crippen LogP contribution in [0, 0.1) is 0 Å². The van der Waals surface area contributed by atoms with E-state index in [-0.39, 0.29) is 30.2 Å². The SMILES string of the molecule is O=C(O)c1cc(NS(=O)(=O)N2CCOCC2)ccc1N1CCN(CC(=O)N2CCCC2)CC1. The van der Waals surface area contributed by atoms with Crippen molar-refractivity contribution in [2.75, 3.05) is 81.7 Å². The summed E-state index contributed by atoms with van der Waals surface area (Å²) in [7, 11) is -3.79. The first kappa shape index (κ1) is 23.7. The maximum Gasteiger partial charge on any atom is 0.337 e. The van der Waals surface area contributed by atoms with Gasteiger partial charge in [0.05, 0.1) is 36.7 Å². The molecule has 0 bridgehead atoms. The number of likely N-dealkylation sites (tertiary alicyclic amines) is 1. The maximum atomic E-state index is 12.6. The Hall–Kier alpha value is -2.41. The molecule has 0 atom stereocenters. The van der Waals surface area contributed by atoms with Gasteiger partial charge in [-0.1, -0.05) is 0 Å². The standard InChI is InChI=1S/C21H31N5O6S/c27-20(25-5-1-2-6-25)16-23-7-9-24(10-8-23)19-4-3-17(15-18(19)21(28)29)22-33(30,31)26-11-13-32-14-12-26/h3-4,15,22H,1-2,5-14,16H2,(H,28,29). The van der Waals surface area contributed by atoms with Gasteiger partial charge >= 0.3 is 16.2 Å². The predicted octanol–water partition coefficient (Wildman–Crippen LogP) is 0.118. The second-order valence-electron chi connectivity index (χ2n) is 8.51. The van der Waals surface area contributed by atoms with Crippen LogP contribution >= 0.6 is 0 Å². The molecule has 12 heteroatoms. The van der Waals surface area contributed by atoms with Crippen LogP contribution in [0.15, 0.2) is 18.2 Å². The zero-order chi connectivity index (χ0) is 23.4. The summed E-state index contributed by atoms with van der Waals surface area (Å²) in [5.74, 6) is -0.965. The molecule has 0 aliphatic carbocycles. The number of carboxylic acids is 1. The summed E-state index contributed by atoms with van der Waals surface area (Å²) < 4.78 is 34.2. The summed E-state index contributed by atoms with van der Waals surface area (Å²) >= 11 is 0. The number of nitrogens with zero attached hydrogens (tertiary/aromatic N) is 4. The summed E-state index contributed by atoms with van der Waals surface area (Å²) in [6.07, 6.45) is 2.13. The minimum absolute atomic E-state index is 0.0405. The number of nitrogens with one attached hydrogen (secondary N) is 1. The van der Waals surface area contributed by atoms with Crippen molar-refractivity contribution in [3.05, 3.63) is 23.8 Å². The molecule has 1 aromatic carbocycles. The molecule has 0 spiro atoms. The highest BCUT2D eigenvalue weighted by atomic mass is 32.2. The fourth-order valence-electron chi connectivity index (χ4n) is 4.45. The fourth-order valence-corrected chi connectivity index (χ4v) is 5.64. The monoisotopic (exact) mass is 481 g/mol. The smallest absolute Gasteiger partial charge is 0.337 e. The van der Waals surface area contributed by atoms with Crippen molar-refractivity contribution in [2.24, 2.45) is 0 Å². The van der Waals surface area contributed by atoms with Gasteiger partial charge in [-0.2, -0.15) is 12.7 Å². The lowest BCUT2D eigenvalue weighted by Crippen LogP contribution is -2.50. The molecular weight excluding hydrogens is 450 g/mol. The number of aromatic carboxylic acids is 1. The van der Waals surface area contributed by atoms with Gasteiger partial charge in [-0.3, -0.25) is 14.4 Å². The van der Waals surface area contributed by atoms with E-state index in [4.69, 9.17) is 4.74 Å². The number of carbonyl (C=O) groups excluding carboxylic acids is 1. The molecular formula is C21H31N5O6S. The molecule has 0 unspecified atom stereocenters. The lowest BCUT2D eigenvalue weighted by atomic mass is 10.1. The van der Waals surface area contributed by atoms with E-state index in [2.05, 4.69) is 9.62 Å². The molecule has 1 amide bonds. The Balaban J connectivity index is 1.40. The second kappa shape index (κ2) is 10.2. The van der Waals surface area contributed by atoms with Crippen molar-refractivity contribution >= 4 is 33.5 Å². The zero-order valence-electron chi connectivity index (χ0n) is 18.6. The number of ether oxygens (including phenoxy) is 1. The van der Waals surface area contributed by atoms with E-state index in [1.807, 2.05) is 9.80 Å². The van der Waals surface area contributed by atoms with Crippen LogP contribution in [0.4, 0.5) is 11.4 Å². The molecule has 3 saturated heterocycles. The van der Waals surface area contributed by atoms with Crippen molar-refractivity contribution < 1.29 is 27.9 Å². The molecule has 11 nitrogen and oxygen atoms in total. The summed E-state index contributed by atoms with van der Waals surface area (Å²) in [5.41, 5.74) is 0.790. The van der Waals surface area contributed by atoms with Gasteiger partial charge in [-0.15, -0.1) is 0 Å². The molecule has 4 rings (SSSR count). The molecule has 3 heterocycles. The van der Waals surface area contributed by atoms with Crippen LogP contribution in [-0.4, -0.2) is 112 Å². The summed E-state index contributed by atoms with van der Waals surface area (Å²) in [6.45, 7) is 5.72. The fraction of sp³-hybridized carbons (Fsp3) is 0.619. The second-order valence-corrected chi connectivity index (χ2v) is 10.2. The van der Waals surface area contributed by atoms with E-state index >= 15 is 0 Å². The number of piperazine rings is 1. The Bertz CT molecular complexity index is 967. The van der Waals surface area contributed by atoms with E-state index < -0.39 is 16.2 Å². The molecule has 2 N–H and O–H groups in total. The Morgan fingerprint density at radius 1 is 0.970 bits per heavy atom. The van der Waals surface area contributed by atoms with Crippen LogP contribution in [-0.2, 0) is 19.7 Å². The van der Waals surface area contributed by atoms with Gasteiger partial charge in [0.1, 0.15) is 0 Å². The maximum absolute atomic E-state index is 12.6. The van der Waals surface area contributed by atoms with Crippen molar-refractivity contribution in [3.63, 3.8) is 0 Å². The third-order valence-electron chi connectivity index (χ3n) is 6.31. The molecule has 33 heavy (non-hydrogen) atoms. The molecule has 3 aliphatic rings. The van der Waals surface area contributed by atoms with E-state index in [0.29, 0.717) is 51.6 Å². The average Bonchev–Trinajstić information content (AvgIpc) is 3.35. The minimum atomic E-state index is -3.79. The van der Waals surface area contributed by atoms with E-state index in [9.17, 15) is 23.1 Å². The topological polar surface area (TPSA) is 123 Å². The van der Waals surface area contributed by atoms with Crippen molar-refractivity contribution in [1.82, 2.24) is 14.1 Å². The number of amides is 1. The van der Waals surface area contributed by atoms with Crippen LogP contribution in [0.3, 0.4) is 0 Å². The first-order valence-electron chi connectivity index (χ1n) is 11.3. The Kier molecular flexibility index (Phi) is 7.37. The van der Waals surface area contributed by atoms with Gasteiger partial charge < -0.3 is 19.6 Å². The van der Waals surface area contributed by atoms with Crippen LogP contribution in [0.2, 0.25) is 0 Å². The first-order chi connectivity index (χ1) is 15.8. The number of anilines is 2. The van der Waals surface area contributed by atoms with Crippen molar-refractivity contribution in [1.29, 1.82) is 0 Å². The highest BCUT2D eigenvalue weighted by Gasteiger charge is 2.27. The van der Waals surface area contributed by atoms with Crippen LogP contribution in [0.25, 0.3) is 0 Å². The lowest BCUT2D eigenvalue weighted by Gasteiger charge is -2.37. The highest BCUT2D eigenvalue weighted by Crippen LogP contribution is 2.27. The minimum Gasteiger partial charge on any atom is -0.478 e. The largest absolute Gasteiger partial charge is 0.478 e. The number of carboxylic acid groups (broad SMARTS) is 1. The number of hydrogen-bond acceptors (Lipinski definition) is 7. The normalized spacial score (nSPS) is 20.7. The van der Waals surface area contributed by atoms with Gasteiger partial charge in [0.2, 0.25) is 5.91 Å². The molecule has 3 aliphatic heterocycles. The summed E-state index contributed by atoms with van der Waals surface area (Å²) in [6, 6.07) is 4.59. The number of benzene rings is 1. The molecule has 3 fully saturated rings. The van der Waals surface area contributed by atoms with Crippen molar-refractivity contribution in [3.8, 4) is 0 Å². The van der Waals surface area contributed by atoms with E-state index in [1.54, 1.807) is 12.1 Å². The van der Waals surface area contributed by atoms with Crippen molar-refractivity contribution in [2.45, 2.75) is 12.8 Å². The molecule has 0 radical (unpaired) electrons. The third-order valence-corrected chi connectivity index (χ3v) is 7.85. The number of morpholine rings is 1.